The second-order valence-corrected chi connectivity index (χ2v) is 4.22. The summed E-state index contributed by atoms with van der Waals surface area (Å²) in [6.45, 7) is 3.09. The summed E-state index contributed by atoms with van der Waals surface area (Å²) in [4.78, 5) is 13.2. The van der Waals surface area contributed by atoms with Crippen LogP contribution in [-0.2, 0) is 9.47 Å². The second-order valence-electron chi connectivity index (χ2n) is 4.22. The first-order valence-electron chi connectivity index (χ1n) is 5.74. The Kier molecular flexibility index (Phi) is 3.64. The fourth-order valence-corrected chi connectivity index (χ4v) is 2.08. The van der Waals surface area contributed by atoms with E-state index in [1.54, 1.807) is 4.90 Å². The lowest BCUT2D eigenvalue weighted by molar-refractivity contribution is -0.0725. The third kappa shape index (κ3) is 2.77. The monoisotopic (exact) mass is 235 g/mol. The topological polar surface area (TPSA) is 38.8 Å². The van der Waals surface area contributed by atoms with Gasteiger partial charge in [-0.15, -0.1) is 0 Å². The normalized spacial score (nSPS) is 24.5. The van der Waals surface area contributed by atoms with Crippen LogP contribution in [0.1, 0.15) is 18.6 Å². The molecule has 1 fully saturated rings. The SMILES string of the molecule is COC(=O)N1C[C@@H](C)O[C@@H](c2ccccc2)C1. The summed E-state index contributed by atoms with van der Waals surface area (Å²) in [6.07, 6.45) is -0.340. The summed E-state index contributed by atoms with van der Waals surface area (Å²) in [7, 11) is 1.40. The molecule has 1 aliphatic rings. The highest BCUT2D eigenvalue weighted by molar-refractivity contribution is 5.67. The van der Waals surface area contributed by atoms with E-state index in [2.05, 4.69) is 0 Å². The van der Waals surface area contributed by atoms with Crippen LogP contribution in [0.5, 0.6) is 0 Å². The fourth-order valence-electron chi connectivity index (χ4n) is 2.08. The molecular formula is C13H17NO3. The highest BCUT2D eigenvalue weighted by Gasteiger charge is 2.29. The molecule has 0 saturated carbocycles. The molecule has 1 aromatic carbocycles. The third-order valence-electron chi connectivity index (χ3n) is 2.86. The number of hydrogen-bond acceptors (Lipinski definition) is 3. The zero-order chi connectivity index (χ0) is 12.3. The van der Waals surface area contributed by atoms with Gasteiger partial charge in [-0.1, -0.05) is 30.3 Å². The van der Waals surface area contributed by atoms with Gasteiger partial charge in [0.05, 0.1) is 26.3 Å². The molecule has 2 atom stereocenters. The molecule has 92 valence electrons. The van der Waals surface area contributed by atoms with E-state index in [0.29, 0.717) is 13.1 Å². The molecule has 0 bridgehead atoms. The van der Waals surface area contributed by atoms with Crippen molar-refractivity contribution in [2.75, 3.05) is 20.2 Å². The lowest BCUT2D eigenvalue weighted by atomic mass is 10.1. The minimum Gasteiger partial charge on any atom is -0.453 e. The first kappa shape index (κ1) is 11.9. The van der Waals surface area contributed by atoms with Crippen molar-refractivity contribution in [2.45, 2.75) is 19.1 Å². The summed E-state index contributed by atoms with van der Waals surface area (Å²) in [5, 5.41) is 0. The largest absolute Gasteiger partial charge is 0.453 e. The smallest absolute Gasteiger partial charge is 0.409 e. The lowest BCUT2D eigenvalue weighted by Gasteiger charge is -2.36. The summed E-state index contributed by atoms with van der Waals surface area (Å²) in [5.74, 6) is 0. The van der Waals surface area contributed by atoms with Gasteiger partial charge in [0.1, 0.15) is 6.10 Å². The molecular weight excluding hydrogens is 218 g/mol. The average molecular weight is 235 g/mol. The van der Waals surface area contributed by atoms with Crippen LogP contribution in [0.2, 0.25) is 0 Å². The predicted molar refractivity (Wildman–Crippen MR) is 63.7 cm³/mol. The van der Waals surface area contributed by atoms with Crippen LogP contribution < -0.4 is 0 Å². The van der Waals surface area contributed by atoms with Crippen molar-refractivity contribution in [3.8, 4) is 0 Å². The first-order chi connectivity index (χ1) is 8.20. The number of morpholine rings is 1. The maximum Gasteiger partial charge on any atom is 0.409 e. The number of carbonyl (C=O) groups is 1. The van der Waals surface area contributed by atoms with Gasteiger partial charge in [0.2, 0.25) is 0 Å². The maximum absolute atomic E-state index is 11.5. The van der Waals surface area contributed by atoms with Gasteiger partial charge in [0.25, 0.3) is 0 Å². The molecule has 1 amide bonds. The standard InChI is InChI=1S/C13H17NO3/c1-10-8-14(13(15)16-2)9-12(17-10)11-6-4-3-5-7-11/h3-7,10,12H,8-9H2,1-2H3/t10-,12-/m1/s1. The number of rotatable bonds is 1. The highest BCUT2D eigenvalue weighted by atomic mass is 16.5. The molecule has 1 aliphatic heterocycles. The quantitative estimate of drug-likeness (QED) is 0.749. The molecule has 2 rings (SSSR count). The van der Waals surface area contributed by atoms with E-state index in [1.165, 1.54) is 7.11 Å². The van der Waals surface area contributed by atoms with E-state index in [4.69, 9.17) is 9.47 Å². The Morgan fingerprint density at radius 1 is 1.35 bits per heavy atom. The summed E-state index contributed by atoms with van der Waals surface area (Å²) in [6, 6.07) is 9.94. The number of nitrogens with zero attached hydrogens (tertiary/aromatic N) is 1. The lowest BCUT2D eigenvalue weighted by Crippen LogP contribution is -2.45. The Hall–Kier alpha value is -1.55. The van der Waals surface area contributed by atoms with Crippen molar-refractivity contribution in [1.29, 1.82) is 0 Å². The Bertz CT molecular complexity index is 380. The molecule has 0 spiro atoms. The van der Waals surface area contributed by atoms with Gasteiger partial charge in [-0.05, 0) is 12.5 Å². The van der Waals surface area contributed by atoms with Gasteiger partial charge in [-0.2, -0.15) is 0 Å². The van der Waals surface area contributed by atoms with E-state index >= 15 is 0 Å². The van der Waals surface area contributed by atoms with Crippen molar-refractivity contribution in [3.63, 3.8) is 0 Å². The average Bonchev–Trinajstić information content (AvgIpc) is 2.38. The number of ether oxygens (including phenoxy) is 2. The Balaban J connectivity index is 2.11. The molecule has 17 heavy (non-hydrogen) atoms. The molecule has 4 nitrogen and oxygen atoms in total. The third-order valence-corrected chi connectivity index (χ3v) is 2.86. The number of benzene rings is 1. The number of amides is 1. The van der Waals surface area contributed by atoms with Crippen LogP contribution in [0.3, 0.4) is 0 Å². The number of methoxy groups -OCH3 is 1. The number of hydrogen-bond donors (Lipinski definition) is 0. The molecule has 0 aliphatic carbocycles. The Labute approximate surface area is 101 Å². The minimum absolute atomic E-state index is 0.0213. The van der Waals surface area contributed by atoms with Crippen molar-refractivity contribution in [2.24, 2.45) is 0 Å². The Morgan fingerprint density at radius 2 is 2.06 bits per heavy atom. The number of carbonyl (C=O) groups excluding carboxylic acids is 1. The second kappa shape index (κ2) is 5.19. The van der Waals surface area contributed by atoms with Gasteiger partial charge in [-0.25, -0.2) is 4.79 Å². The van der Waals surface area contributed by atoms with Crippen LogP contribution in [0.4, 0.5) is 4.79 Å². The van der Waals surface area contributed by atoms with E-state index < -0.39 is 0 Å². The van der Waals surface area contributed by atoms with Gasteiger partial charge in [0, 0.05) is 0 Å². The van der Waals surface area contributed by atoms with Crippen LogP contribution in [-0.4, -0.2) is 37.3 Å². The molecule has 1 aromatic rings. The Morgan fingerprint density at radius 3 is 2.71 bits per heavy atom. The van der Waals surface area contributed by atoms with Crippen LogP contribution >= 0.6 is 0 Å². The minimum atomic E-state index is -0.291. The van der Waals surface area contributed by atoms with Crippen molar-refractivity contribution >= 4 is 6.09 Å². The van der Waals surface area contributed by atoms with E-state index in [0.717, 1.165) is 5.56 Å². The van der Waals surface area contributed by atoms with E-state index in [1.807, 2.05) is 37.3 Å². The summed E-state index contributed by atoms with van der Waals surface area (Å²) in [5.41, 5.74) is 1.09. The van der Waals surface area contributed by atoms with Crippen LogP contribution in [0, 0.1) is 0 Å². The molecule has 0 aromatic heterocycles. The molecule has 0 radical (unpaired) electrons. The van der Waals surface area contributed by atoms with Gasteiger partial charge >= 0.3 is 6.09 Å². The zero-order valence-electron chi connectivity index (χ0n) is 10.1. The first-order valence-corrected chi connectivity index (χ1v) is 5.74. The maximum atomic E-state index is 11.5. The van der Waals surface area contributed by atoms with Crippen LogP contribution in [0.15, 0.2) is 30.3 Å². The summed E-state index contributed by atoms with van der Waals surface area (Å²) >= 11 is 0. The molecule has 4 heteroatoms. The zero-order valence-corrected chi connectivity index (χ0v) is 10.1. The van der Waals surface area contributed by atoms with Crippen molar-refractivity contribution in [1.82, 2.24) is 4.90 Å². The fraction of sp³-hybridized carbons (Fsp3) is 0.462. The van der Waals surface area contributed by atoms with Gasteiger partial charge < -0.3 is 14.4 Å². The predicted octanol–water partition coefficient (Wildman–Crippen LogP) is 2.21. The molecule has 1 saturated heterocycles. The summed E-state index contributed by atoms with van der Waals surface area (Å²) < 4.78 is 10.6. The van der Waals surface area contributed by atoms with Crippen LogP contribution in [0.25, 0.3) is 0 Å². The van der Waals surface area contributed by atoms with Crippen molar-refractivity contribution < 1.29 is 14.3 Å². The highest BCUT2D eigenvalue weighted by Crippen LogP contribution is 2.25. The van der Waals surface area contributed by atoms with Gasteiger partial charge in [-0.3, -0.25) is 0 Å². The molecule has 0 N–H and O–H groups in total. The van der Waals surface area contributed by atoms with E-state index in [9.17, 15) is 4.79 Å². The van der Waals surface area contributed by atoms with Crippen molar-refractivity contribution in [3.05, 3.63) is 35.9 Å². The molecule has 0 unspecified atom stereocenters. The molecule has 1 heterocycles. The van der Waals surface area contributed by atoms with Gasteiger partial charge in [0.15, 0.2) is 0 Å². The van der Waals surface area contributed by atoms with E-state index in [-0.39, 0.29) is 18.3 Å².